The zero-order valence-electron chi connectivity index (χ0n) is 11.3. The number of aryl methyl sites for hydroxylation is 2. The first-order chi connectivity index (χ1) is 9.65. The Hall–Kier alpha value is -2.13. The van der Waals surface area contributed by atoms with Crippen LogP contribution in [0.3, 0.4) is 0 Å². The highest BCUT2D eigenvalue weighted by Crippen LogP contribution is 2.10. The number of hydrogen-bond donors (Lipinski definition) is 2. The van der Waals surface area contributed by atoms with Gasteiger partial charge in [0.2, 0.25) is 0 Å². The normalized spacial score (nSPS) is 12.1. The van der Waals surface area contributed by atoms with E-state index < -0.39 is 12.0 Å². The topological polar surface area (TPSA) is 63.3 Å². The molecule has 104 valence electrons. The van der Waals surface area contributed by atoms with Gasteiger partial charge in [0.05, 0.1) is 0 Å². The minimum absolute atomic E-state index is 0.369. The predicted molar refractivity (Wildman–Crippen MR) is 79.6 cm³/mol. The zero-order valence-corrected chi connectivity index (χ0v) is 11.3. The Labute approximate surface area is 119 Å². The molecule has 0 aliphatic rings. The Morgan fingerprint density at radius 2 is 1.40 bits per heavy atom. The summed E-state index contributed by atoms with van der Waals surface area (Å²) in [5.41, 5.74) is 9.06. The SMILES string of the molecule is N[C@@H](Cc1ccc(CCc2ccccc2)cc1)C(=O)O. The van der Waals surface area contributed by atoms with Crippen LogP contribution in [-0.2, 0) is 24.1 Å². The molecule has 0 fully saturated rings. The molecule has 3 N–H and O–H groups in total. The molecule has 0 saturated heterocycles. The second-order valence-electron chi connectivity index (χ2n) is 4.95. The van der Waals surface area contributed by atoms with Gasteiger partial charge in [-0.2, -0.15) is 0 Å². The summed E-state index contributed by atoms with van der Waals surface area (Å²) in [5, 5.41) is 8.78. The Kier molecular flexibility index (Phi) is 4.91. The lowest BCUT2D eigenvalue weighted by Crippen LogP contribution is -2.32. The molecule has 2 rings (SSSR count). The molecule has 0 bridgehead atoms. The van der Waals surface area contributed by atoms with Crippen molar-refractivity contribution in [2.75, 3.05) is 0 Å². The number of hydrogen-bond acceptors (Lipinski definition) is 2. The van der Waals surface area contributed by atoms with Crippen LogP contribution in [-0.4, -0.2) is 17.1 Å². The van der Waals surface area contributed by atoms with E-state index in [1.807, 2.05) is 42.5 Å². The van der Waals surface area contributed by atoms with Gasteiger partial charge in [0.25, 0.3) is 0 Å². The molecule has 2 aromatic rings. The fraction of sp³-hybridized carbons (Fsp3) is 0.235. The quantitative estimate of drug-likeness (QED) is 0.846. The minimum atomic E-state index is -0.960. The molecule has 0 radical (unpaired) electrons. The number of rotatable bonds is 6. The summed E-state index contributed by atoms with van der Waals surface area (Å²) in [6.45, 7) is 0. The van der Waals surface area contributed by atoms with Crippen LogP contribution in [0.1, 0.15) is 16.7 Å². The fourth-order valence-electron chi connectivity index (χ4n) is 2.12. The molecule has 3 nitrogen and oxygen atoms in total. The van der Waals surface area contributed by atoms with E-state index in [9.17, 15) is 4.79 Å². The number of benzene rings is 2. The lowest BCUT2D eigenvalue weighted by molar-refractivity contribution is -0.138. The van der Waals surface area contributed by atoms with Gasteiger partial charge < -0.3 is 10.8 Å². The van der Waals surface area contributed by atoms with E-state index in [0.717, 1.165) is 18.4 Å². The van der Waals surface area contributed by atoms with Gasteiger partial charge >= 0.3 is 5.97 Å². The largest absolute Gasteiger partial charge is 0.480 e. The van der Waals surface area contributed by atoms with E-state index in [1.54, 1.807) is 0 Å². The number of aliphatic carboxylic acids is 1. The summed E-state index contributed by atoms with van der Waals surface area (Å²) in [7, 11) is 0. The van der Waals surface area contributed by atoms with Gasteiger partial charge in [0.1, 0.15) is 6.04 Å². The molecule has 0 aliphatic heterocycles. The van der Waals surface area contributed by atoms with Crippen molar-refractivity contribution in [3.63, 3.8) is 0 Å². The predicted octanol–water partition coefficient (Wildman–Crippen LogP) is 2.43. The van der Waals surface area contributed by atoms with E-state index in [4.69, 9.17) is 10.8 Å². The van der Waals surface area contributed by atoms with Crippen molar-refractivity contribution in [1.82, 2.24) is 0 Å². The molecule has 3 heteroatoms. The van der Waals surface area contributed by atoms with Crippen molar-refractivity contribution < 1.29 is 9.90 Å². The number of carbonyl (C=O) groups is 1. The summed E-state index contributed by atoms with van der Waals surface area (Å²) in [5.74, 6) is -0.960. The van der Waals surface area contributed by atoms with E-state index in [-0.39, 0.29) is 0 Å². The molecule has 0 saturated carbocycles. The highest BCUT2D eigenvalue weighted by atomic mass is 16.4. The number of nitrogens with two attached hydrogens (primary N) is 1. The monoisotopic (exact) mass is 269 g/mol. The Morgan fingerprint density at radius 3 is 1.95 bits per heavy atom. The Morgan fingerprint density at radius 1 is 0.900 bits per heavy atom. The van der Waals surface area contributed by atoms with Crippen LogP contribution >= 0.6 is 0 Å². The number of carboxylic acid groups (broad SMARTS) is 1. The summed E-state index contributed by atoms with van der Waals surface area (Å²) in [4.78, 5) is 10.7. The molecule has 0 amide bonds. The van der Waals surface area contributed by atoms with Crippen molar-refractivity contribution in [2.24, 2.45) is 5.73 Å². The van der Waals surface area contributed by atoms with Crippen LogP contribution in [0, 0.1) is 0 Å². The standard InChI is InChI=1S/C17H19NO2/c18-16(17(19)20)12-15-10-8-14(9-11-15)7-6-13-4-2-1-3-5-13/h1-5,8-11,16H,6-7,12,18H2,(H,19,20)/t16-/m0/s1. The second kappa shape index (κ2) is 6.87. The molecule has 0 spiro atoms. The smallest absolute Gasteiger partial charge is 0.320 e. The van der Waals surface area contributed by atoms with Crippen molar-refractivity contribution in [3.05, 3.63) is 71.3 Å². The van der Waals surface area contributed by atoms with Crippen molar-refractivity contribution in [1.29, 1.82) is 0 Å². The zero-order chi connectivity index (χ0) is 14.4. The average Bonchev–Trinajstić information content (AvgIpc) is 2.47. The first kappa shape index (κ1) is 14.3. The third-order valence-corrected chi connectivity index (χ3v) is 3.34. The maximum Gasteiger partial charge on any atom is 0.320 e. The van der Waals surface area contributed by atoms with Gasteiger partial charge in [-0.05, 0) is 36.0 Å². The maximum atomic E-state index is 10.7. The molecular formula is C17H19NO2. The lowest BCUT2D eigenvalue weighted by Gasteiger charge is -2.07. The first-order valence-electron chi connectivity index (χ1n) is 6.75. The van der Waals surface area contributed by atoms with Crippen LogP contribution in [0.15, 0.2) is 54.6 Å². The van der Waals surface area contributed by atoms with Gasteiger partial charge in [-0.1, -0.05) is 54.6 Å². The van der Waals surface area contributed by atoms with Crippen molar-refractivity contribution in [2.45, 2.75) is 25.3 Å². The van der Waals surface area contributed by atoms with Gasteiger partial charge in [0, 0.05) is 0 Å². The van der Waals surface area contributed by atoms with E-state index in [1.165, 1.54) is 11.1 Å². The lowest BCUT2D eigenvalue weighted by atomic mass is 10.0. The second-order valence-corrected chi connectivity index (χ2v) is 4.95. The summed E-state index contributed by atoms with van der Waals surface area (Å²) in [6.07, 6.45) is 2.36. The van der Waals surface area contributed by atoms with Crippen LogP contribution in [0.2, 0.25) is 0 Å². The first-order valence-corrected chi connectivity index (χ1v) is 6.75. The third kappa shape index (κ3) is 4.21. The molecular weight excluding hydrogens is 250 g/mol. The summed E-state index contributed by atoms with van der Waals surface area (Å²) >= 11 is 0. The van der Waals surface area contributed by atoms with Crippen molar-refractivity contribution in [3.8, 4) is 0 Å². The fourth-order valence-corrected chi connectivity index (χ4v) is 2.12. The molecule has 2 aromatic carbocycles. The van der Waals surface area contributed by atoms with Crippen LogP contribution in [0.5, 0.6) is 0 Å². The molecule has 1 atom stereocenters. The van der Waals surface area contributed by atoms with Crippen LogP contribution in [0.25, 0.3) is 0 Å². The van der Waals surface area contributed by atoms with Crippen LogP contribution in [0.4, 0.5) is 0 Å². The molecule has 20 heavy (non-hydrogen) atoms. The molecule has 0 aliphatic carbocycles. The average molecular weight is 269 g/mol. The van der Waals surface area contributed by atoms with Crippen molar-refractivity contribution >= 4 is 5.97 Å². The highest BCUT2D eigenvalue weighted by Gasteiger charge is 2.11. The van der Waals surface area contributed by atoms with Gasteiger partial charge in [-0.25, -0.2) is 0 Å². The minimum Gasteiger partial charge on any atom is -0.480 e. The Bertz CT molecular complexity index is 549. The number of carboxylic acids is 1. The third-order valence-electron chi connectivity index (χ3n) is 3.34. The summed E-state index contributed by atoms with van der Waals surface area (Å²) in [6, 6.07) is 17.6. The van der Waals surface area contributed by atoms with E-state index in [0.29, 0.717) is 6.42 Å². The van der Waals surface area contributed by atoms with Gasteiger partial charge in [0.15, 0.2) is 0 Å². The molecule has 0 heterocycles. The van der Waals surface area contributed by atoms with Crippen LogP contribution < -0.4 is 5.73 Å². The van der Waals surface area contributed by atoms with E-state index >= 15 is 0 Å². The molecule has 0 aromatic heterocycles. The van der Waals surface area contributed by atoms with Gasteiger partial charge in [-0.15, -0.1) is 0 Å². The Balaban J connectivity index is 1.90. The van der Waals surface area contributed by atoms with E-state index in [2.05, 4.69) is 12.1 Å². The summed E-state index contributed by atoms with van der Waals surface area (Å²) < 4.78 is 0. The highest BCUT2D eigenvalue weighted by molar-refractivity contribution is 5.73. The molecule has 0 unspecified atom stereocenters. The van der Waals surface area contributed by atoms with Gasteiger partial charge in [-0.3, -0.25) is 4.79 Å². The maximum absolute atomic E-state index is 10.7.